The molecule has 0 fully saturated rings. The van der Waals surface area contributed by atoms with Crippen LogP contribution in [0.2, 0.25) is 0 Å². The van der Waals surface area contributed by atoms with E-state index >= 15 is 0 Å². The number of alkyl halides is 2. The van der Waals surface area contributed by atoms with Crippen molar-refractivity contribution < 1.29 is 18.4 Å². The van der Waals surface area contributed by atoms with Crippen LogP contribution in [-0.4, -0.2) is 10.3 Å². The van der Waals surface area contributed by atoms with Crippen molar-refractivity contribution in [2.45, 2.75) is 13.3 Å². The van der Waals surface area contributed by atoms with Crippen molar-refractivity contribution in [3.05, 3.63) is 29.3 Å². The van der Waals surface area contributed by atoms with E-state index in [0.29, 0.717) is 5.56 Å². The maximum Gasteiger partial charge on any atom is 0.267 e. The van der Waals surface area contributed by atoms with Crippen LogP contribution >= 0.6 is 0 Å². The van der Waals surface area contributed by atoms with Crippen molar-refractivity contribution in [3.63, 3.8) is 0 Å². The Labute approximate surface area is 95.6 Å². The predicted molar refractivity (Wildman–Crippen MR) is 57.7 cm³/mol. The number of phenolic OH excluding ortho intramolecular Hbond substituents is 1. The van der Waals surface area contributed by atoms with Crippen molar-refractivity contribution in [1.82, 2.24) is 5.16 Å². The number of anilines is 1. The minimum absolute atomic E-state index is 0.125. The Morgan fingerprint density at radius 2 is 2.06 bits per heavy atom. The molecule has 2 rings (SSSR count). The van der Waals surface area contributed by atoms with Gasteiger partial charge in [-0.05, 0) is 24.6 Å². The molecule has 0 atom stereocenters. The summed E-state index contributed by atoms with van der Waals surface area (Å²) in [5.41, 5.74) is 5.68. The summed E-state index contributed by atoms with van der Waals surface area (Å²) in [4.78, 5) is 0. The Bertz CT molecular complexity index is 552. The lowest BCUT2D eigenvalue weighted by Crippen LogP contribution is -1.90. The second-order valence-electron chi connectivity index (χ2n) is 3.67. The molecular formula is C11H10F2N2O2. The summed E-state index contributed by atoms with van der Waals surface area (Å²) < 4.78 is 30.2. The summed E-state index contributed by atoms with van der Waals surface area (Å²) in [6.07, 6.45) is -2.76. The molecule has 0 saturated carbocycles. The molecule has 0 unspecified atom stereocenters. The van der Waals surface area contributed by atoms with E-state index in [0.717, 1.165) is 0 Å². The van der Waals surface area contributed by atoms with Gasteiger partial charge in [0.25, 0.3) is 6.43 Å². The third-order valence-corrected chi connectivity index (χ3v) is 2.31. The van der Waals surface area contributed by atoms with Crippen molar-refractivity contribution in [2.75, 3.05) is 5.73 Å². The van der Waals surface area contributed by atoms with Crippen LogP contribution in [0.1, 0.15) is 17.6 Å². The lowest BCUT2D eigenvalue weighted by atomic mass is 10.0. The lowest BCUT2D eigenvalue weighted by molar-refractivity contribution is 0.147. The maximum absolute atomic E-state index is 12.7. The molecule has 0 amide bonds. The number of halogens is 2. The van der Waals surface area contributed by atoms with E-state index in [-0.39, 0.29) is 17.1 Å². The molecule has 0 bridgehead atoms. The standard InChI is InChI=1S/C11H10F2N2O2/c1-5-2-6(8-4-9(14)15-17-8)10(16)7(3-5)11(12)13/h2-4,11,16H,1H3,(H2,14,15). The van der Waals surface area contributed by atoms with E-state index in [2.05, 4.69) is 5.16 Å². The van der Waals surface area contributed by atoms with E-state index in [4.69, 9.17) is 10.3 Å². The van der Waals surface area contributed by atoms with E-state index in [1.165, 1.54) is 18.2 Å². The Kier molecular flexibility index (Phi) is 2.71. The molecule has 90 valence electrons. The van der Waals surface area contributed by atoms with Crippen LogP contribution in [0.25, 0.3) is 11.3 Å². The highest BCUT2D eigenvalue weighted by Crippen LogP contribution is 2.38. The van der Waals surface area contributed by atoms with Gasteiger partial charge in [-0.3, -0.25) is 0 Å². The van der Waals surface area contributed by atoms with Gasteiger partial charge in [-0.1, -0.05) is 5.16 Å². The molecule has 0 aliphatic carbocycles. The minimum atomic E-state index is -2.76. The van der Waals surface area contributed by atoms with Gasteiger partial charge in [-0.25, -0.2) is 8.78 Å². The van der Waals surface area contributed by atoms with Crippen LogP contribution in [0, 0.1) is 6.92 Å². The number of aryl methyl sites for hydroxylation is 1. The number of phenols is 1. The quantitative estimate of drug-likeness (QED) is 0.846. The SMILES string of the molecule is Cc1cc(-c2cc(N)no2)c(O)c(C(F)F)c1. The van der Waals surface area contributed by atoms with Gasteiger partial charge < -0.3 is 15.4 Å². The van der Waals surface area contributed by atoms with E-state index in [1.807, 2.05) is 0 Å². The molecule has 0 radical (unpaired) electrons. The molecule has 0 spiro atoms. The molecule has 0 aliphatic rings. The van der Waals surface area contributed by atoms with E-state index < -0.39 is 17.7 Å². The summed E-state index contributed by atoms with van der Waals surface area (Å²) in [5, 5.41) is 13.2. The first-order chi connectivity index (χ1) is 7.99. The van der Waals surface area contributed by atoms with Gasteiger partial charge in [0.1, 0.15) is 5.75 Å². The zero-order valence-corrected chi connectivity index (χ0v) is 8.95. The highest BCUT2D eigenvalue weighted by Gasteiger charge is 2.19. The van der Waals surface area contributed by atoms with Crippen molar-refractivity contribution in [1.29, 1.82) is 0 Å². The molecule has 3 N–H and O–H groups in total. The minimum Gasteiger partial charge on any atom is -0.507 e. The maximum atomic E-state index is 12.7. The Morgan fingerprint density at radius 1 is 1.35 bits per heavy atom. The average Bonchev–Trinajstić information content (AvgIpc) is 2.67. The molecule has 0 aliphatic heterocycles. The van der Waals surface area contributed by atoms with E-state index in [1.54, 1.807) is 6.92 Å². The molecule has 1 heterocycles. The molecule has 0 saturated heterocycles. The predicted octanol–water partition coefficient (Wildman–Crippen LogP) is 2.88. The summed E-state index contributed by atoms with van der Waals surface area (Å²) in [6.45, 7) is 1.65. The fourth-order valence-corrected chi connectivity index (χ4v) is 1.58. The molecule has 1 aromatic carbocycles. The number of nitrogens with zero attached hydrogens (tertiary/aromatic N) is 1. The number of nitrogen functional groups attached to an aromatic ring is 1. The monoisotopic (exact) mass is 240 g/mol. The Balaban J connectivity index is 2.61. The van der Waals surface area contributed by atoms with Crippen molar-refractivity contribution >= 4 is 5.82 Å². The summed E-state index contributed by atoms with van der Waals surface area (Å²) in [5.74, 6) is -0.230. The van der Waals surface area contributed by atoms with Crippen LogP contribution in [0.3, 0.4) is 0 Å². The lowest BCUT2D eigenvalue weighted by Gasteiger charge is -2.08. The van der Waals surface area contributed by atoms with Crippen LogP contribution in [0.5, 0.6) is 5.75 Å². The third-order valence-electron chi connectivity index (χ3n) is 2.31. The van der Waals surface area contributed by atoms with Crippen LogP contribution < -0.4 is 5.73 Å². The molecule has 1 aromatic heterocycles. The highest BCUT2D eigenvalue weighted by atomic mass is 19.3. The zero-order valence-electron chi connectivity index (χ0n) is 8.95. The fourth-order valence-electron chi connectivity index (χ4n) is 1.58. The second kappa shape index (κ2) is 4.04. The van der Waals surface area contributed by atoms with Crippen molar-refractivity contribution in [3.8, 4) is 17.1 Å². The molecule has 4 nitrogen and oxygen atoms in total. The van der Waals surface area contributed by atoms with Crippen LogP contribution in [0.4, 0.5) is 14.6 Å². The molecule has 2 aromatic rings. The molecule has 6 heteroatoms. The number of rotatable bonds is 2. The van der Waals surface area contributed by atoms with E-state index in [9.17, 15) is 13.9 Å². The number of benzene rings is 1. The normalized spacial score (nSPS) is 11.1. The first kappa shape index (κ1) is 11.4. The number of hydrogen-bond acceptors (Lipinski definition) is 4. The molecule has 17 heavy (non-hydrogen) atoms. The topological polar surface area (TPSA) is 72.3 Å². The summed E-state index contributed by atoms with van der Waals surface area (Å²) in [6, 6.07) is 4.12. The van der Waals surface area contributed by atoms with Gasteiger partial charge in [-0.2, -0.15) is 0 Å². The van der Waals surface area contributed by atoms with Gasteiger partial charge in [0.15, 0.2) is 11.6 Å². The smallest absolute Gasteiger partial charge is 0.267 e. The van der Waals surface area contributed by atoms with Crippen molar-refractivity contribution in [2.24, 2.45) is 0 Å². The summed E-state index contributed by atoms with van der Waals surface area (Å²) >= 11 is 0. The number of nitrogens with two attached hydrogens (primary N) is 1. The highest BCUT2D eigenvalue weighted by molar-refractivity contribution is 5.70. The average molecular weight is 240 g/mol. The number of aromatic hydroxyl groups is 1. The molecular weight excluding hydrogens is 230 g/mol. The third kappa shape index (κ3) is 2.06. The van der Waals surface area contributed by atoms with Crippen LogP contribution in [0.15, 0.2) is 22.7 Å². The largest absolute Gasteiger partial charge is 0.507 e. The zero-order chi connectivity index (χ0) is 12.6. The first-order valence-corrected chi connectivity index (χ1v) is 4.83. The first-order valence-electron chi connectivity index (χ1n) is 4.83. The fraction of sp³-hybridized carbons (Fsp3) is 0.182. The Morgan fingerprint density at radius 3 is 2.59 bits per heavy atom. The van der Waals surface area contributed by atoms with Gasteiger partial charge in [0, 0.05) is 6.07 Å². The number of aromatic nitrogens is 1. The second-order valence-corrected chi connectivity index (χ2v) is 3.67. The van der Waals surface area contributed by atoms with Gasteiger partial charge in [0.2, 0.25) is 0 Å². The Hall–Kier alpha value is -2.11. The van der Waals surface area contributed by atoms with Crippen LogP contribution in [-0.2, 0) is 0 Å². The number of hydrogen-bond donors (Lipinski definition) is 2. The van der Waals surface area contributed by atoms with Gasteiger partial charge >= 0.3 is 0 Å². The summed E-state index contributed by atoms with van der Waals surface area (Å²) in [7, 11) is 0. The van der Waals surface area contributed by atoms with Gasteiger partial charge in [-0.15, -0.1) is 0 Å². The van der Waals surface area contributed by atoms with Gasteiger partial charge in [0.05, 0.1) is 11.1 Å².